The Kier molecular flexibility index (Phi) is 5.96. The molecule has 0 aromatic heterocycles. The highest BCUT2D eigenvalue weighted by Gasteiger charge is 2.70. The molecular formula is C32H52O3. The summed E-state index contributed by atoms with van der Waals surface area (Å²) in [6, 6.07) is 0. The van der Waals surface area contributed by atoms with Gasteiger partial charge in [-0.3, -0.25) is 4.79 Å². The van der Waals surface area contributed by atoms with Crippen molar-refractivity contribution in [2.24, 2.45) is 56.7 Å². The zero-order valence-electron chi connectivity index (χ0n) is 23.7. The maximum Gasteiger partial charge on any atom is 0.302 e. The molecule has 3 nitrogen and oxygen atoms in total. The lowest BCUT2D eigenvalue weighted by atomic mass is 9.32. The molecule has 0 bridgehead atoms. The van der Waals surface area contributed by atoms with Gasteiger partial charge in [0, 0.05) is 12.3 Å². The first kappa shape index (κ1) is 25.8. The first-order valence-corrected chi connectivity index (χ1v) is 14.7. The minimum Gasteiger partial charge on any atom is -0.465 e. The number of hydrogen-bond donors (Lipinski definition) is 1. The second kappa shape index (κ2) is 8.08. The first-order chi connectivity index (χ1) is 16.2. The van der Waals surface area contributed by atoms with Gasteiger partial charge >= 0.3 is 5.97 Å². The van der Waals surface area contributed by atoms with Crippen LogP contribution in [0.15, 0.2) is 12.2 Å². The minimum atomic E-state index is -0.164. The Balaban J connectivity index is 1.53. The summed E-state index contributed by atoms with van der Waals surface area (Å²) in [6.45, 7) is 21.5. The van der Waals surface area contributed by atoms with Crippen LogP contribution in [-0.2, 0) is 9.53 Å². The van der Waals surface area contributed by atoms with E-state index < -0.39 is 0 Å². The van der Waals surface area contributed by atoms with Crippen LogP contribution in [0.1, 0.15) is 113 Å². The molecule has 35 heavy (non-hydrogen) atoms. The molecule has 0 aliphatic heterocycles. The monoisotopic (exact) mass is 484 g/mol. The van der Waals surface area contributed by atoms with Crippen LogP contribution in [0.2, 0.25) is 0 Å². The predicted molar refractivity (Wildman–Crippen MR) is 142 cm³/mol. The molecule has 1 N–H and O–H groups in total. The fraction of sp³-hybridized carbons (Fsp3) is 0.906. The Bertz CT molecular complexity index is 891. The number of allylic oxidation sites excluding steroid dienone is 1. The van der Waals surface area contributed by atoms with Gasteiger partial charge in [0.15, 0.2) is 0 Å². The van der Waals surface area contributed by atoms with Gasteiger partial charge in [-0.25, -0.2) is 0 Å². The molecule has 3 heteroatoms. The van der Waals surface area contributed by atoms with Gasteiger partial charge in [-0.1, -0.05) is 46.8 Å². The van der Waals surface area contributed by atoms with E-state index in [1.54, 1.807) is 6.92 Å². The third-order valence-corrected chi connectivity index (χ3v) is 13.8. The molecule has 5 aliphatic carbocycles. The number of carbonyl (C=O) groups is 1. The number of aliphatic hydroxyl groups excluding tert-OH is 1. The smallest absolute Gasteiger partial charge is 0.302 e. The van der Waals surface area contributed by atoms with E-state index in [4.69, 9.17) is 4.74 Å². The van der Waals surface area contributed by atoms with Crippen molar-refractivity contribution in [1.82, 2.24) is 0 Å². The molecule has 5 aliphatic rings. The van der Waals surface area contributed by atoms with Crippen molar-refractivity contribution in [3.8, 4) is 0 Å². The van der Waals surface area contributed by atoms with Crippen molar-refractivity contribution in [2.45, 2.75) is 119 Å². The minimum absolute atomic E-state index is 0.00826. The van der Waals surface area contributed by atoms with Gasteiger partial charge in [-0.2, -0.15) is 0 Å². The average molecular weight is 485 g/mol. The number of ether oxygens (including phenoxy) is 1. The van der Waals surface area contributed by atoms with Crippen LogP contribution >= 0.6 is 0 Å². The molecule has 0 heterocycles. The number of carbonyl (C=O) groups excluding carboxylic acids is 1. The maximum atomic E-state index is 11.9. The zero-order valence-corrected chi connectivity index (χ0v) is 23.7. The van der Waals surface area contributed by atoms with E-state index >= 15 is 0 Å². The highest BCUT2D eigenvalue weighted by atomic mass is 16.5. The van der Waals surface area contributed by atoms with Gasteiger partial charge in [0.1, 0.15) is 0 Å². The molecule has 0 amide bonds. The van der Waals surface area contributed by atoms with Crippen molar-refractivity contribution >= 4 is 5.97 Å². The summed E-state index contributed by atoms with van der Waals surface area (Å²) in [6.07, 6.45) is 12.0. The molecule has 0 radical (unpaired) electrons. The summed E-state index contributed by atoms with van der Waals surface area (Å²) < 4.78 is 5.79. The first-order valence-electron chi connectivity index (χ1n) is 14.7. The van der Waals surface area contributed by atoms with E-state index in [0.29, 0.717) is 46.5 Å². The summed E-state index contributed by atoms with van der Waals surface area (Å²) in [4.78, 5) is 11.9. The standard InChI is InChI=1S/C32H52O3/c1-20(2)22-11-16-32(19-35-21(3)33)18-17-30(7)23(27(22)32)9-10-25-29(6)14-13-26(34)28(4,5)24(29)12-15-31(25,30)8/h22-27,34H,1,9-19H2,2-8H3/t22-,23?,24-,25+,26-,27+,29-,30+,31+,32+/m0/s1. The van der Waals surface area contributed by atoms with Crippen molar-refractivity contribution in [2.75, 3.05) is 6.61 Å². The van der Waals surface area contributed by atoms with Crippen LogP contribution < -0.4 is 0 Å². The molecular weight excluding hydrogens is 432 g/mol. The lowest BCUT2D eigenvalue weighted by Gasteiger charge is -2.73. The Morgan fingerprint density at radius 3 is 2.23 bits per heavy atom. The zero-order chi connectivity index (χ0) is 25.6. The number of fused-ring (bicyclic) bond motifs is 7. The Morgan fingerprint density at radius 2 is 1.57 bits per heavy atom. The molecule has 198 valence electrons. The normalized spacial score (nSPS) is 52.5. The Labute approximate surface area is 214 Å². The van der Waals surface area contributed by atoms with Crippen molar-refractivity contribution < 1.29 is 14.6 Å². The highest BCUT2D eigenvalue weighted by Crippen LogP contribution is 2.77. The largest absolute Gasteiger partial charge is 0.465 e. The topological polar surface area (TPSA) is 46.5 Å². The van der Waals surface area contributed by atoms with Crippen LogP contribution in [0.25, 0.3) is 0 Å². The molecule has 5 fully saturated rings. The van der Waals surface area contributed by atoms with Crippen molar-refractivity contribution in [3.63, 3.8) is 0 Å². The van der Waals surface area contributed by atoms with Gasteiger partial charge in [0.2, 0.25) is 0 Å². The molecule has 0 aromatic carbocycles. The summed E-state index contributed by atoms with van der Waals surface area (Å²) >= 11 is 0. The number of esters is 1. The molecule has 5 saturated carbocycles. The lowest BCUT2D eigenvalue weighted by Crippen LogP contribution is -2.66. The van der Waals surface area contributed by atoms with E-state index in [9.17, 15) is 9.90 Å². The van der Waals surface area contributed by atoms with Crippen molar-refractivity contribution in [3.05, 3.63) is 12.2 Å². The van der Waals surface area contributed by atoms with Gasteiger partial charge < -0.3 is 9.84 Å². The molecule has 0 spiro atoms. The van der Waals surface area contributed by atoms with Crippen LogP contribution in [0, 0.1) is 56.7 Å². The van der Waals surface area contributed by atoms with Crippen LogP contribution in [0.4, 0.5) is 0 Å². The third-order valence-electron chi connectivity index (χ3n) is 13.8. The van der Waals surface area contributed by atoms with Crippen LogP contribution in [0.5, 0.6) is 0 Å². The SMILES string of the molecule is C=C(C)[C@@H]1CC[C@]2(COC(C)=O)CC[C@]3(C)C(CC[C@@H]4[C@@]5(C)CC[C@H](O)C(C)(C)[C@@H]5CC[C@]43C)[C@@H]12. The van der Waals surface area contributed by atoms with E-state index in [1.807, 2.05) is 0 Å². The Hall–Kier alpha value is -0.830. The number of aliphatic hydroxyl groups is 1. The molecule has 1 unspecified atom stereocenters. The van der Waals surface area contributed by atoms with E-state index in [1.165, 1.54) is 63.4 Å². The predicted octanol–water partition coefficient (Wildman–Crippen LogP) is 7.57. The van der Waals surface area contributed by atoms with E-state index in [0.717, 1.165) is 12.3 Å². The van der Waals surface area contributed by atoms with E-state index in [-0.39, 0.29) is 22.9 Å². The summed E-state index contributed by atoms with van der Waals surface area (Å²) in [7, 11) is 0. The molecule has 0 saturated heterocycles. The third kappa shape index (κ3) is 3.34. The lowest BCUT2D eigenvalue weighted by molar-refractivity contribution is -0.249. The fourth-order valence-corrected chi connectivity index (χ4v) is 11.8. The van der Waals surface area contributed by atoms with Gasteiger partial charge in [-0.15, -0.1) is 0 Å². The number of rotatable bonds is 3. The van der Waals surface area contributed by atoms with Crippen LogP contribution in [-0.4, -0.2) is 23.8 Å². The second-order valence-corrected chi connectivity index (χ2v) is 15.2. The highest BCUT2D eigenvalue weighted by molar-refractivity contribution is 5.65. The number of hydrogen-bond acceptors (Lipinski definition) is 3. The Morgan fingerprint density at radius 1 is 0.857 bits per heavy atom. The summed E-state index contributed by atoms with van der Waals surface area (Å²) in [5.74, 6) is 3.04. The summed E-state index contributed by atoms with van der Waals surface area (Å²) in [5, 5.41) is 10.9. The van der Waals surface area contributed by atoms with E-state index in [2.05, 4.69) is 48.1 Å². The molecule has 5 rings (SSSR count). The van der Waals surface area contributed by atoms with Crippen LogP contribution in [0.3, 0.4) is 0 Å². The summed E-state index contributed by atoms with van der Waals surface area (Å²) in [5.41, 5.74) is 2.45. The second-order valence-electron chi connectivity index (χ2n) is 15.2. The maximum absolute atomic E-state index is 11.9. The average Bonchev–Trinajstić information content (AvgIpc) is 3.16. The van der Waals surface area contributed by atoms with Gasteiger partial charge in [-0.05, 0) is 122 Å². The van der Waals surface area contributed by atoms with Gasteiger partial charge in [0.25, 0.3) is 0 Å². The molecule has 0 aromatic rings. The van der Waals surface area contributed by atoms with Crippen molar-refractivity contribution in [1.29, 1.82) is 0 Å². The van der Waals surface area contributed by atoms with Gasteiger partial charge in [0.05, 0.1) is 12.7 Å². The quantitative estimate of drug-likeness (QED) is 0.332. The molecule has 10 atom stereocenters. The fourth-order valence-electron chi connectivity index (χ4n) is 11.8.